The van der Waals surface area contributed by atoms with Gasteiger partial charge in [-0.3, -0.25) is 4.79 Å². The van der Waals surface area contributed by atoms with Crippen molar-refractivity contribution in [1.82, 2.24) is 19.5 Å². The van der Waals surface area contributed by atoms with E-state index >= 15 is 0 Å². The molecule has 2 aromatic heterocycles. The van der Waals surface area contributed by atoms with Crippen molar-refractivity contribution < 1.29 is 14.3 Å². The third kappa shape index (κ3) is 4.32. The highest BCUT2D eigenvalue weighted by Gasteiger charge is 2.12. The van der Waals surface area contributed by atoms with E-state index in [1.807, 2.05) is 0 Å². The first kappa shape index (κ1) is 18.6. The van der Waals surface area contributed by atoms with E-state index < -0.39 is 5.97 Å². The Morgan fingerprint density at radius 2 is 2.00 bits per heavy atom. The molecule has 0 atom stereocenters. The lowest BCUT2D eigenvalue weighted by atomic mass is 10.2. The van der Waals surface area contributed by atoms with E-state index in [0.29, 0.717) is 35.6 Å². The summed E-state index contributed by atoms with van der Waals surface area (Å²) in [4.78, 5) is 35.9. The second-order valence-electron chi connectivity index (χ2n) is 5.58. The van der Waals surface area contributed by atoms with Crippen molar-refractivity contribution in [2.24, 2.45) is 0 Å². The molecule has 0 aliphatic carbocycles. The fourth-order valence-electron chi connectivity index (χ4n) is 2.44. The van der Waals surface area contributed by atoms with E-state index in [9.17, 15) is 9.59 Å². The van der Waals surface area contributed by atoms with E-state index in [-0.39, 0.29) is 23.4 Å². The summed E-state index contributed by atoms with van der Waals surface area (Å²) in [6, 6.07) is 6.48. The topological polar surface area (TPSA) is 125 Å². The van der Waals surface area contributed by atoms with Gasteiger partial charge in [-0.15, -0.1) is 0 Å². The number of esters is 1. The molecule has 0 saturated heterocycles. The largest absolute Gasteiger partial charge is 0.462 e. The highest BCUT2D eigenvalue weighted by atomic mass is 35.5. The van der Waals surface area contributed by atoms with Crippen LogP contribution in [0.5, 0.6) is 0 Å². The number of rotatable bonds is 6. The molecule has 0 radical (unpaired) electrons. The second kappa shape index (κ2) is 8.00. The van der Waals surface area contributed by atoms with Gasteiger partial charge >= 0.3 is 5.97 Å². The van der Waals surface area contributed by atoms with Gasteiger partial charge in [-0.25, -0.2) is 9.78 Å². The molecule has 27 heavy (non-hydrogen) atoms. The van der Waals surface area contributed by atoms with Gasteiger partial charge in [0.25, 0.3) is 0 Å². The quantitative estimate of drug-likeness (QED) is 0.490. The maximum Gasteiger partial charge on any atom is 0.338 e. The van der Waals surface area contributed by atoms with Crippen LogP contribution in [0.25, 0.3) is 11.2 Å². The number of nitrogens with one attached hydrogen (secondary N) is 1. The number of nitrogens with two attached hydrogens (primary N) is 1. The normalized spacial score (nSPS) is 10.7. The third-order valence-corrected chi connectivity index (χ3v) is 3.96. The van der Waals surface area contributed by atoms with Crippen LogP contribution >= 0.6 is 11.6 Å². The predicted molar refractivity (Wildman–Crippen MR) is 100 cm³/mol. The number of halogens is 1. The van der Waals surface area contributed by atoms with E-state index in [2.05, 4.69) is 20.3 Å². The predicted octanol–water partition coefficient (Wildman–Crippen LogP) is 2.27. The second-order valence-corrected chi connectivity index (χ2v) is 5.94. The molecule has 3 N–H and O–H groups in total. The average molecular weight is 389 g/mol. The van der Waals surface area contributed by atoms with Crippen LogP contribution < -0.4 is 11.1 Å². The number of aryl methyl sites for hydroxylation is 1. The van der Waals surface area contributed by atoms with Gasteiger partial charge in [0, 0.05) is 18.7 Å². The van der Waals surface area contributed by atoms with Crippen LogP contribution in [-0.2, 0) is 16.1 Å². The van der Waals surface area contributed by atoms with Crippen LogP contribution in [0.2, 0.25) is 5.15 Å². The number of nitrogens with zero attached hydrogens (tertiary/aromatic N) is 4. The van der Waals surface area contributed by atoms with Crippen LogP contribution in [0, 0.1) is 0 Å². The highest BCUT2D eigenvalue weighted by Crippen LogP contribution is 2.19. The summed E-state index contributed by atoms with van der Waals surface area (Å²) in [5.74, 6) is -0.559. The number of imidazole rings is 1. The first-order chi connectivity index (χ1) is 13.0. The Hall–Kier alpha value is -3.20. The van der Waals surface area contributed by atoms with Gasteiger partial charge in [0.05, 0.1) is 18.5 Å². The highest BCUT2D eigenvalue weighted by molar-refractivity contribution is 6.33. The van der Waals surface area contributed by atoms with Crippen molar-refractivity contribution in [3.63, 3.8) is 0 Å². The van der Waals surface area contributed by atoms with Crippen molar-refractivity contribution in [2.75, 3.05) is 17.7 Å². The lowest BCUT2D eigenvalue weighted by molar-refractivity contribution is -0.116. The minimum Gasteiger partial charge on any atom is -0.462 e. The van der Waals surface area contributed by atoms with E-state index in [4.69, 9.17) is 22.1 Å². The Labute approximate surface area is 159 Å². The molecule has 1 amide bonds. The minimum absolute atomic E-state index is 0.0420. The number of carbonyl (C=O) groups is 2. The number of anilines is 2. The zero-order valence-electron chi connectivity index (χ0n) is 14.5. The molecule has 9 nitrogen and oxygen atoms in total. The van der Waals surface area contributed by atoms with Crippen LogP contribution in [0.1, 0.15) is 23.7 Å². The molecule has 0 saturated carbocycles. The van der Waals surface area contributed by atoms with E-state index in [1.165, 1.54) is 6.33 Å². The Balaban J connectivity index is 1.61. The fraction of sp³-hybridized carbons (Fsp3) is 0.235. The summed E-state index contributed by atoms with van der Waals surface area (Å²) < 4.78 is 6.60. The minimum atomic E-state index is -0.401. The molecule has 0 bridgehead atoms. The SMILES string of the molecule is CCOC(=O)c1ccc(NC(=O)CCn2cnc3c(Cl)nc(N)nc32)cc1. The summed E-state index contributed by atoms with van der Waals surface area (Å²) in [7, 11) is 0. The van der Waals surface area contributed by atoms with Gasteiger partial charge in [-0.05, 0) is 31.2 Å². The molecule has 3 rings (SSSR count). The summed E-state index contributed by atoms with van der Waals surface area (Å²) >= 11 is 5.98. The molecule has 2 heterocycles. The lowest BCUT2D eigenvalue weighted by Gasteiger charge is -2.07. The number of hydrogen-bond acceptors (Lipinski definition) is 7. The number of carbonyl (C=O) groups excluding carboxylic acids is 2. The summed E-state index contributed by atoms with van der Waals surface area (Å²) in [5, 5.41) is 2.93. The van der Waals surface area contributed by atoms with Gasteiger partial charge in [0.1, 0.15) is 5.52 Å². The van der Waals surface area contributed by atoms with Crippen LogP contribution in [0.15, 0.2) is 30.6 Å². The van der Waals surface area contributed by atoms with Gasteiger partial charge < -0.3 is 20.4 Å². The van der Waals surface area contributed by atoms with Crippen molar-refractivity contribution in [3.8, 4) is 0 Å². The Kier molecular flexibility index (Phi) is 5.51. The molecule has 3 aromatic rings. The van der Waals surface area contributed by atoms with Crippen molar-refractivity contribution >= 4 is 46.3 Å². The zero-order valence-corrected chi connectivity index (χ0v) is 15.2. The molecule has 0 aliphatic heterocycles. The number of hydrogen-bond donors (Lipinski definition) is 2. The number of amides is 1. The smallest absolute Gasteiger partial charge is 0.338 e. The zero-order chi connectivity index (χ0) is 19.4. The maximum atomic E-state index is 12.2. The number of fused-ring (bicyclic) bond motifs is 1. The molecule has 0 aliphatic rings. The molecule has 1 aromatic carbocycles. The standard InChI is InChI=1S/C17H17ClN6O3/c1-2-27-16(26)10-3-5-11(6-4-10)21-12(25)7-8-24-9-20-13-14(18)22-17(19)23-15(13)24/h3-6,9H,2,7-8H2,1H3,(H,21,25)(H2,19,22,23). The van der Waals surface area contributed by atoms with Gasteiger partial charge in [0.2, 0.25) is 11.9 Å². The molecule has 10 heteroatoms. The molecule has 0 unspecified atom stereocenters. The van der Waals surface area contributed by atoms with Gasteiger partial charge in [-0.1, -0.05) is 11.6 Å². The first-order valence-electron chi connectivity index (χ1n) is 8.18. The van der Waals surface area contributed by atoms with Crippen LogP contribution in [0.4, 0.5) is 11.6 Å². The summed E-state index contributed by atoms with van der Waals surface area (Å²) in [5.41, 5.74) is 7.51. The van der Waals surface area contributed by atoms with Crippen molar-refractivity contribution in [3.05, 3.63) is 41.3 Å². The first-order valence-corrected chi connectivity index (χ1v) is 8.56. The summed E-state index contributed by atoms with van der Waals surface area (Å²) in [6.07, 6.45) is 1.72. The number of aromatic nitrogens is 4. The van der Waals surface area contributed by atoms with Gasteiger partial charge in [-0.2, -0.15) is 9.97 Å². The number of benzene rings is 1. The maximum absolute atomic E-state index is 12.2. The molecular formula is C17H17ClN6O3. The molecular weight excluding hydrogens is 372 g/mol. The van der Waals surface area contributed by atoms with Gasteiger partial charge in [0.15, 0.2) is 10.8 Å². The number of nitrogen functional groups attached to an aromatic ring is 1. The van der Waals surface area contributed by atoms with Crippen molar-refractivity contribution in [1.29, 1.82) is 0 Å². The molecule has 0 spiro atoms. The number of ether oxygens (including phenoxy) is 1. The van der Waals surface area contributed by atoms with E-state index in [1.54, 1.807) is 35.8 Å². The van der Waals surface area contributed by atoms with Crippen molar-refractivity contribution in [2.45, 2.75) is 19.9 Å². The lowest BCUT2D eigenvalue weighted by Crippen LogP contribution is -2.14. The Bertz CT molecular complexity index is 986. The summed E-state index contributed by atoms with van der Waals surface area (Å²) in [6.45, 7) is 2.39. The third-order valence-electron chi connectivity index (χ3n) is 3.70. The fourth-order valence-corrected chi connectivity index (χ4v) is 2.66. The van der Waals surface area contributed by atoms with E-state index in [0.717, 1.165) is 0 Å². The average Bonchev–Trinajstić information content (AvgIpc) is 3.04. The monoisotopic (exact) mass is 388 g/mol. The molecule has 0 fully saturated rings. The van der Waals surface area contributed by atoms with Crippen LogP contribution in [-0.4, -0.2) is 38.0 Å². The van der Waals surface area contributed by atoms with Crippen LogP contribution in [0.3, 0.4) is 0 Å². The Morgan fingerprint density at radius 3 is 2.70 bits per heavy atom. The molecule has 140 valence electrons. The Morgan fingerprint density at radius 1 is 1.26 bits per heavy atom.